The van der Waals surface area contributed by atoms with Crippen LogP contribution >= 0.6 is 11.3 Å². The molecule has 0 aliphatic carbocycles. The highest BCUT2D eigenvalue weighted by molar-refractivity contribution is 7.14. The fourth-order valence-corrected chi connectivity index (χ4v) is 2.62. The van der Waals surface area contributed by atoms with Gasteiger partial charge in [0, 0.05) is 16.5 Å². The van der Waals surface area contributed by atoms with Crippen molar-refractivity contribution in [3.05, 3.63) is 71.1 Å². The number of aromatic nitrogens is 1. The molecule has 0 bridgehead atoms. The highest BCUT2D eigenvalue weighted by atomic mass is 32.1. The van der Waals surface area contributed by atoms with Gasteiger partial charge in [-0.15, -0.1) is 11.3 Å². The summed E-state index contributed by atoms with van der Waals surface area (Å²) in [5, 5.41) is 6.70. The van der Waals surface area contributed by atoms with Crippen molar-refractivity contribution < 1.29 is 8.78 Å². The molecule has 0 spiro atoms. The summed E-state index contributed by atoms with van der Waals surface area (Å²) in [4.78, 5) is 4.44. The van der Waals surface area contributed by atoms with Crippen LogP contribution in [-0.4, -0.2) is 11.2 Å². The van der Waals surface area contributed by atoms with E-state index in [2.05, 4.69) is 15.5 Å². The summed E-state index contributed by atoms with van der Waals surface area (Å²) in [6.07, 6.45) is -0.885. The Morgan fingerprint density at radius 1 is 1.04 bits per heavy atom. The van der Waals surface area contributed by atoms with Crippen LogP contribution in [0.4, 0.5) is 13.9 Å². The molecule has 1 N–H and O–H groups in total. The maximum Gasteiger partial charge on any atom is 0.263 e. The Morgan fingerprint density at radius 3 is 2.48 bits per heavy atom. The van der Waals surface area contributed by atoms with E-state index >= 15 is 0 Å². The number of anilines is 1. The van der Waals surface area contributed by atoms with E-state index in [0.29, 0.717) is 5.13 Å². The van der Waals surface area contributed by atoms with Crippen LogP contribution < -0.4 is 5.43 Å². The summed E-state index contributed by atoms with van der Waals surface area (Å²) in [6.45, 7) is 0. The lowest BCUT2D eigenvalue weighted by molar-refractivity contribution is 0.151. The minimum atomic E-state index is -2.45. The predicted molar refractivity (Wildman–Crippen MR) is 90.2 cm³/mol. The molecule has 0 aliphatic rings. The third-order valence-electron chi connectivity index (χ3n) is 3.14. The molecule has 6 heteroatoms. The maximum atomic E-state index is 12.5. The molecule has 0 unspecified atom stereocenters. The van der Waals surface area contributed by atoms with Gasteiger partial charge in [-0.05, 0) is 5.56 Å². The highest BCUT2D eigenvalue weighted by Gasteiger charge is 2.05. The SMILES string of the molecule is FC(F)c1ccc(C=NNc2nc(-c3ccccc3)cs2)cc1. The molecule has 0 saturated heterocycles. The molecule has 2 aromatic carbocycles. The van der Waals surface area contributed by atoms with E-state index in [0.717, 1.165) is 16.8 Å². The quantitative estimate of drug-likeness (QED) is 0.516. The average molecular weight is 329 g/mol. The molecule has 116 valence electrons. The summed E-state index contributed by atoms with van der Waals surface area (Å²) in [5.74, 6) is 0. The molecule has 3 rings (SSSR count). The van der Waals surface area contributed by atoms with Gasteiger partial charge in [-0.1, -0.05) is 54.6 Å². The lowest BCUT2D eigenvalue weighted by atomic mass is 10.1. The summed E-state index contributed by atoms with van der Waals surface area (Å²) in [7, 11) is 0. The van der Waals surface area contributed by atoms with Gasteiger partial charge in [0.25, 0.3) is 6.43 Å². The zero-order chi connectivity index (χ0) is 16.1. The second-order valence-electron chi connectivity index (χ2n) is 4.74. The van der Waals surface area contributed by atoms with Gasteiger partial charge >= 0.3 is 0 Å². The van der Waals surface area contributed by atoms with Gasteiger partial charge in [0.05, 0.1) is 11.9 Å². The van der Waals surface area contributed by atoms with E-state index in [4.69, 9.17) is 0 Å². The molecular formula is C17H13F2N3S. The number of hydrazone groups is 1. The zero-order valence-electron chi connectivity index (χ0n) is 12.0. The van der Waals surface area contributed by atoms with Crippen LogP contribution in [0.3, 0.4) is 0 Å². The van der Waals surface area contributed by atoms with Crippen LogP contribution in [0.15, 0.2) is 65.1 Å². The molecule has 3 aromatic rings. The predicted octanol–water partition coefficient (Wildman–Crippen LogP) is 5.19. The minimum absolute atomic E-state index is 0.00235. The Hall–Kier alpha value is -2.60. The fourth-order valence-electron chi connectivity index (χ4n) is 1.96. The van der Waals surface area contributed by atoms with Crippen LogP contribution in [0.2, 0.25) is 0 Å². The van der Waals surface area contributed by atoms with E-state index in [-0.39, 0.29) is 5.56 Å². The van der Waals surface area contributed by atoms with E-state index in [1.165, 1.54) is 23.5 Å². The molecule has 0 fully saturated rings. The molecule has 1 heterocycles. The second kappa shape index (κ2) is 7.11. The van der Waals surface area contributed by atoms with Gasteiger partial charge < -0.3 is 0 Å². The molecule has 0 aliphatic heterocycles. The number of rotatable bonds is 5. The molecule has 23 heavy (non-hydrogen) atoms. The standard InChI is InChI=1S/C17H13F2N3S/c18-16(19)14-8-6-12(7-9-14)10-20-22-17-21-15(11-23-17)13-4-2-1-3-5-13/h1-11,16H,(H,21,22). The van der Waals surface area contributed by atoms with Crippen molar-refractivity contribution in [1.29, 1.82) is 0 Å². The summed E-state index contributed by atoms with van der Waals surface area (Å²) < 4.78 is 24.9. The molecule has 0 atom stereocenters. The monoisotopic (exact) mass is 329 g/mol. The first-order valence-corrected chi connectivity index (χ1v) is 7.78. The normalized spacial score (nSPS) is 11.3. The number of benzene rings is 2. The van der Waals surface area contributed by atoms with Gasteiger partial charge in [-0.3, -0.25) is 5.43 Å². The van der Waals surface area contributed by atoms with Crippen LogP contribution in [0, 0.1) is 0 Å². The lowest BCUT2D eigenvalue weighted by Gasteiger charge is -1.99. The van der Waals surface area contributed by atoms with E-state index in [9.17, 15) is 8.78 Å². The number of hydrogen-bond acceptors (Lipinski definition) is 4. The summed E-state index contributed by atoms with van der Waals surface area (Å²) in [6, 6.07) is 15.9. The van der Waals surface area contributed by atoms with Crippen molar-refractivity contribution in [2.75, 3.05) is 5.43 Å². The fraction of sp³-hybridized carbons (Fsp3) is 0.0588. The zero-order valence-corrected chi connectivity index (χ0v) is 12.8. The molecular weight excluding hydrogens is 316 g/mol. The largest absolute Gasteiger partial charge is 0.263 e. The van der Waals surface area contributed by atoms with Crippen LogP contribution in [-0.2, 0) is 0 Å². The summed E-state index contributed by atoms with van der Waals surface area (Å²) >= 11 is 1.45. The Kier molecular flexibility index (Phi) is 4.73. The number of nitrogens with one attached hydrogen (secondary N) is 1. The third-order valence-corrected chi connectivity index (χ3v) is 3.88. The first kappa shape index (κ1) is 15.3. The molecule has 3 nitrogen and oxygen atoms in total. The smallest absolute Gasteiger partial charge is 0.253 e. The Morgan fingerprint density at radius 2 is 1.78 bits per heavy atom. The lowest BCUT2D eigenvalue weighted by Crippen LogP contribution is -1.91. The highest BCUT2D eigenvalue weighted by Crippen LogP contribution is 2.24. The van der Waals surface area contributed by atoms with Gasteiger partial charge in [0.1, 0.15) is 0 Å². The van der Waals surface area contributed by atoms with E-state index < -0.39 is 6.43 Å². The van der Waals surface area contributed by atoms with Crippen molar-refractivity contribution in [1.82, 2.24) is 4.98 Å². The molecule has 0 amide bonds. The number of thiazole rings is 1. The van der Waals surface area contributed by atoms with Crippen molar-refractivity contribution in [3.63, 3.8) is 0 Å². The maximum absolute atomic E-state index is 12.5. The molecule has 1 aromatic heterocycles. The summed E-state index contributed by atoms with van der Waals surface area (Å²) in [5.41, 5.74) is 5.52. The van der Waals surface area contributed by atoms with Crippen LogP contribution in [0.1, 0.15) is 17.6 Å². The Bertz CT molecular complexity index is 783. The number of nitrogens with zero attached hydrogens (tertiary/aromatic N) is 2. The van der Waals surface area contributed by atoms with Crippen molar-refractivity contribution >= 4 is 22.7 Å². The van der Waals surface area contributed by atoms with Crippen molar-refractivity contribution in [2.24, 2.45) is 5.10 Å². The second-order valence-corrected chi connectivity index (χ2v) is 5.60. The third kappa shape index (κ3) is 3.98. The Labute approximate surface area is 136 Å². The topological polar surface area (TPSA) is 37.3 Å². The van der Waals surface area contributed by atoms with Gasteiger partial charge in [-0.25, -0.2) is 13.8 Å². The van der Waals surface area contributed by atoms with Crippen molar-refractivity contribution in [2.45, 2.75) is 6.43 Å². The first-order chi connectivity index (χ1) is 11.2. The van der Waals surface area contributed by atoms with Crippen LogP contribution in [0.5, 0.6) is 0 Å². The molecule has 0 saturated carbocycles. The minimum Gasteiger partial charge on any atom is -0.253 e. The van der Waals surface area contributed by atoms with E-state index in [1.807, 2.05) is 35.7 Å². The van der Waals surface area contributed by atoms with Gasteiger partial charge in [-0.2, -0.15) is 5.10 Å². The first-order valence-electron chi connectivity index (χ1n) is 6.90. The number of hydrogen-bond donors (Lipinski definition) is 1. The molecule has 0 radical (unpaired) electrons. The number of halogens is 2. The van der Waals surface area contributed by atoms with Gasteiger partial charge in [0.15, 0.2) is 0 Å². The van der Waals surface area contributed by atoms with E-state index in [1.54, 1.807) is 18.3 Å². The van der Waals surface area contributed by atoms with Crippen molar-refractivity contribution in [3.8, 4) is 11.3 Å². The van der Waals surface area contributed by atoms with Crippen LogP contribution in [0.25, 0.3) is 11.3 Å². The Balaban J connectivity index is 1.63. The average Bonchev–Trinajstić information content (AvgIpc) is 3.05. The number of alkyl halides is 2. The van der Waals surface area contributed by atoms with Gasteiger partial charge in [0.2, 0.25) is 5.13 Å².